The number of imidazole rings is 1. The number of benzene rings is 1. The van der Waals surface area contributed by atoms with Gasteiger partial charge in [0.2, 0.25) is 10.1 Å². The van der Waals surface area contributed by atoms with Gasteiger partial charge in [0.25, 0.3) is 0 Å². The summed E-state index contributed by atoms with van der Waals surface area (Å²) in [7, 11) is 0. The third kappa shape index (κ3) is 2.36. The van der Waals surface area contributed by atoms with E-state index in [2.05, 4.69) is 15.0 Å². The highest BCUT2D eigenvalue weighted by atomic mass is 32.1. The minimum absolute atomic E-state index is 0.258. The molecule has 1 unspecified atom stereocenters. The first kappa shape index (κ1) is 13.7. The molecule has 5 nitrogen and oxygen atoms in total. The maximum atomic E-state index is 13.0. The first-order valence-electron chi connectivity index (χ1n) is 7.10. The molecule has 2 aromatic heterocycles. The predicted octanol–water partition coefficient (Wildman–Crippen LogP) is 2.56. The number of halogens is 1. The van der Waals surface area contributed by atoms with Crippen LogP contribution in [0.25, 0.3) is 16.2 Å². The summed E-state index contributed by atoms with van der Waals surface area (Å²) < 4.78 is 14.7. The van der Waals surface area contributed by atoms with Crippen molar-refractivity contribution in [3.8, 4) is 11.3 Å². The molecular formula is C15H15FN4OS. The first-order chi connectivity index (χ1) is 10.5. The van der Waals surface area contributed by atoms with Gasteiger partial charge in [-0.15, -0.1) is 5.10 Å². The average molecular weight is 318 g/mol. The molecule has 0 aliphatic carbocycles. The molecule has 3 heterocycles. The Morgan fingerprint density at radius 2 is 2.09 bits per heavy atom. The molecule has 0 amide bonds. The van der Waals surface area contributed by atoms with Gasteiger partial charge < -0.3 is 10.0 Å². The van der Waals surface area contributed by atoms with Gasteiger partial charge in [-0.25, -0.2) is 13.9 Å². The summed E-state index contributed by atoms with van der Waals surface area (Å²) in [4.78, 5) is 7.42. The highest BCUT2D eigenvalue weighted by Gasteiger charge is 2.33. The molecule has 7 heteroatoms. The number of aromatic nitrogens is 3. The summed E-state index contributed by atoms with van der Waals surface area (Å²) in [6.07, 6.45) is 2.59. The largest absolute Gasteiger partial charge is 0.388 e. The van der Waals surface area contributed by atoms with Crippen LogP contribution < -0.4 is 4.90 Å². The zero-order valence-electron chi connectivity index (χ0n) is 12.0. The van der Waals surface area contributed by atoms with Crippen LogP contribution in [0.2, 0.25) is 0 Å². The van der Waals surface area contributed by atoms with Crippen molar-refractivity contribution in [1.82, 2.24) is 14.6 Å². The standard InChI is InChI=1S/C15H15FN4OS/c1-15(21)6-7-19(9-15)14-18-20-8-12(17-13(20)22-14)10-2-4-11(16)5-3-10/h2-5,8,21H,6-7,9H2,1H3. The predicted molar refractivity (Wildman–Crippen MR) is 83.7 cm³/mol. The van der Waals surface area contributed by atoms with Crippen LogP contribution in [0.1, 0.15) is 13.3 Å². The summed E-state index contributed by atoms with van der Waals surface area (Å²) in [6, 6.07) is 6.27. The third-order valence-electron chi connectivity index (χ3n) is 3.89. The fourth-order valence-electron chi connectivity index (χ4n) is 2.69. The lowest BCUT2D eigenvalue weighted by Crippen LogP contribution is -2.29. The molecule has 4 rings (SSSR count). The zero-order chi connectivity index (χ0) is 15.3. The second kappa shape index (κ2) is 4.76. The first-order valence-corrected chi connectivity index (χ1v) is 7.91. The van der Waals surface area contributed by atoms with Gasteiger partial charge in [-0.3, -0.25) is 0 Å². The van der Waals surface area contributed by atoms with E-state index in [9.17, 15) is 9.50 Å². The molecule has 1 aromatic carbocycles. The Balaban J connectivity index is 1.64. The van der Waals surface area contributed by atoms with Crippen molar-refractivity contribution in [2.45, 2.75) is 18.9 Å². The van der Waals surface area contributed by atoms with Gasteiger partial charge in [0.15, 0.2) is 0 Å². The molecule has 0 radical (unpaired) electrons. The van der Waals surface area contributed by atoms with Crippen LogP contribution in [-0.4, -0.2) is 38.4 Å². The van der Waals surface area contributed by atoms with E-state index >= 15 is 0 Å². The van der Waals surface area contributed by atoms with Gasteiger partial charge in [0.05, 0.1) is 17.5 Å². The lowest BCUT2D eigenvalue weighted by atomic mass is 10.1. The Bertz CT molecular complexity index is 792. The van der Waals surface area contributed by atoms with Crippen molar-refractivity contribution in [3.05, 3.63) is 36.3 Å². The number of rotatable bonds is 2. The van der Waals surface area contributed by atoms with Crippen molar-refractivity contribution in [2.24, 2.45) is 0 Å². The fourth-order valence-corrected chi connectivity index (χ4v) is 3.59. The highest BCUT2D eigenvalue weighted by molar-refractivity contribution is 7.20. The number of aliphatic hydroxyl groups is 1. The average Bonchev–Trinajstić information content (AvgIpc) is 3.11. The van der Waals surface area contributed by atoms with Gasteiger partial charge in [-0.05, 0) is 37.6 Å². The Kier molecular flexibility index (Phi) is 2.95. The lowest BCUT2D eigenvalue weighted by Gasteiger charge is -2.17. The van der Waals surface area contributed by atoms with Crippen LogP contribution >= 0.6 is 11.3 Å². The van der Waals surface area contributed by atoms with Gasteiger partial charge >= 0.3 is 0 Å². The van der Waals surface area contributed by atoms with E-state index in [-0.39, 0.29) is 5.82 Å². The molecule has 0 bridgehead atoms. The van der Waals surface area contributed by atoms with E-state index < -0.39 is 5.60 Å². The van der Waals surface area contributed by atoms with Crippen LogP contribution in [0.4, 0.5) is 9.52 Å². The topological polar surface area (TPSA) is 53.7 Å². The molecule has 1 aliphatic rings. The van der Waals surface area contributed by atoms with E-state index in [4.69, 9.17) is 0 Å². The molecule has 0 spiro atoms. The molecular weight excluding hydrogens is 303 g/mol. The Morgan fingerprint density at radius 3 is 2.73 bits per heavy atom. The Hall–Kier alpha value is -1.99. The zero-order valence-corrected chi connectivity index (χ0v) is 12.8. The van der Waals surface area contributed by atoms with E-state index in [0.717, 1.165) is 34.3 Å². The number of hydrogen-bond acceptors (Lipinski definition) is 5. The van der Waals surface area contributed by atoms with Gasteiger partial charge in [-0.1, -0.05) is 11.3 Å². The smallest absolute Gasteiger partial charge is 0.214 e. The second-order valence-electron chi connectivity index (χ2n) is 5.91. The molecule has 114 valence electrons. The second-order valence-corrected chi connectivity index (χ2v) is 6.85. The van der Waals surface area contributed by atoms with Gasteiger partial charge in [-0.2, -0.15) is 0 Å². The Morgan fingerprint density at radius 1 is 1.32 bits per heavy atom. The number of β-amino-alcohol motifs (C(OH)–C–C–N with tert-alkyl or cyclic N) is 1. The number of hydrogen-bond donors (Lipinski definition) is 1. The van der Waals surface area contributed by atoms with Crippen LogP contribution in [0.15, 0.2) is 30.5 Å². The summed E-state index contributed by atoms with van der Waals surface area (Å²) >= 11 is 1.50. The summed E-state index contributed by atoms with van der Waals surface area (Å²) in [5, 5.41) is 15.5. The third-order valence-corrected chi connectivity index (χ3v) is 4.88. The number of nitrogens with zero attached hydrogens (tertiary/aromatic N) is 4. The summed E-state index contributed by atoms with van der Waals surface area (Å²) in [6.45, 7) is 3.24. The van der Waals surface area contributed by atoms with E-state index in [1.807, 2.05) is 13.1 Å². The van der Waals surface area contributed by atoms with Crippen molar-refractivity contribution < 1.29 is 9.50 Å². The van der Waals surface area contributed by atoms with Crippen LogP contribution in [0.5, 0.6) is 0 Å². The van der Waals surface area contributed by atoms with Crippen molar-refractivity contribution in [2.75, 3.05) is 18.0 Å². The van der Waals surface area contributed by atoms with Crippen molar-refractivity contribution in [1.29, 1.82) is 0 Å². The number of fused-ring (bicyclic) bond motifs is 1. The Labute approximate surface area is 130 Å². The lowest BCUT2D eigenvalue weighted by molar-refractivity contribution is 0.0839. The van der Waals surface area contributed by atoms with Crippen LogP contribution in [-0.2, 0) is 0 Å². The maximum absolute atomic E-state index is 13.0. The van der Waals surface area contributed by atoms with Crippen LogP contribution in [0.3, 0.4) is 0 Å². The molecule has 1 N–H and O–H groups in total. The minimum Gasteiger partial charge on any atom is -0.388 e. The minimum atomic E-state index is -0.646. The maximum Gasteiger partial charge on any atom is 0.214 e. The van der Waals surface area contributed by atoms with Crippen molar-refractivity contribution >= 4 is 21.4 Å². The normalized spacial score (nSPS) is 21.9. The number of anilines is 1. The SMILES string of the molecule is CC1(O)CCN(c2nn3cc(-c4ccc(F)cc4)nc3s2)C1. The summed E-state index contributed by atoms with van der Waals surface area (Å²) in [5.41, 5.74) is 0.996. The molecule has 1 aliphatic heterocycles. The molecule has 1 atom stereocenters. The summed E-state index contributed by atoms with van der Waals surface area (Å²) in [5.74, 6) is -0.258. The van der Waals surface area contributed by atoms with Crippen LogP contribution in [0, 0.1) is 5.82 Å². The molecule has 3 aromatic rings. The fraction of sp³-hybridized carbons (Fsp3) is 0.333. The molecule has 1 fully saturated rings. The molecule has 22 heavy (non-hydrogen) atoms. The molecule has 1 saturated heterocycles. The van der Waals surface area contributed by atoms with E-state index in [1.54, 1.807) is 16.6 Å². The molecule has 0 saturated carbocycles. The van der Waals surface area contributed by atoms with Gasteiger partial charge in [0.1, 0.15) is 5.82 Å². The quantitative estimate of drug-likeness (QED) is 0.789. The van der Waals surface area contributed by atoms with E-state index in [1.165, 1.54) is 23.5 Å². The van der Waals surface area contributed by atoms with Crippen molar-refractivity contribution in [3.63, 3.8) is 0 Å². The van der Waals surface area contributed by atoms with Gasteiger partial charge in [0, 0.05) is 18.7 Å². The van der Waals surface area contributed by atoms with E-state index in [0.29, 0.717) is 6.54 Å². The highest BCUT2D eigenvalue weighted by Crippen LogP contribution is 2.31. The monoisotopic (exact) mass is 318 g/mol.